The normalized spacial score (nSPS) is 10.6. The molecule has 0 aliphatic heterocycles. The predicted octanol–water partition coefficient (Wildman–Crippen LogP) is 6.21. The summed E-state index contributed by atoms with van der Waals surface area (Å²) >= 11 is 9.41. The predicted molar refractivity (Wildman–Crippen MR) is 116 cm³/mol. The van der Waals surface area contributed by atoms with Crippen LogP contribution in [0.15, 0.2) is 89.5 Å². The van der Waals surface area contributed by atoms with E-state index in [-0.39, 0.29) is 5.91 Å². The van der Waals surface area contributed by atoms with E-state index in [2.05, 4.69) is 26.3 Å². The van der Waals surface area contributed by atoms with Gasteiger partial charge in [-0.3, -0.25) is 4.79 Å². The van der Waals surface area contributed by atoms with Crippen LogP contribution in [0.25, 0.3) is 16.9 Å². The summed E-state index contributed by atoms with van der Waals surface area (Å²) in [7, 11) is 0. The van der Waals surface area contributed by atoms with Gasteiger partial charge in [0.25, 0.3) is 5.91 Å². The molecule has 0 radical (unpaired) electrons. The van der Waals surface area contributed by atoms with E-state index in [0.29, 0.717) is 22.0 Å². The van der Waals surface area contributed by atoms with Crippen molar-refractivity contribution in [1.29, 1.82) is 0 Å². The molecule has 1 amide bonds. The Bertz CT molecular complexity index is 1110. The molecule has 0 bridgehead atoms. The van der Waals surface area contributed by atoms with Crippen LogP contribution in [0.4, 0.5) is 5.69 Å². The Hall–Kier alpha value is -2.89. The molecule has 1 aromatic heterocycles. The molecule has 0 saturated heterocycles. The van der Waals surface area contributed by atoms with Crippen LogP contribution in [0.1, 0.15) is 10.4 Å². The van der Waals surface area contributed by atoms with E-state index < -0.39 is 0 Å². The van der Waals surface area contributed by atoms with E-state index in [1.165, 1.54) is 0 Å². The number of nitrogens with zero attached hydrogens (tertiary/aromatic N) is 2. The van der Waals surface area contributed by atoms with Crippen LogP contribution in [0.5, 0.6) is 0 Å². The van der Waals surface area contributed by atoms with Crippen LogP contribution in [-0.2, 0) is 0 Å². The second-order valence-corrected chi connectivity index (χ2v) is 7.49. The third-order valence-electron chi connectivity index (χ3n) is 4.20. The minimum atomic E-state index is -0.227. The van der Waals surface area contributed by atoms with Crippen molar-refractivity contribution in [2.75, 3.05) is 5.32 Å². The minimum Gasteiger partial charge on any atom is -0.322 e. The molecule has 0 unspecified atom stereocenters. The summed E-state index contributed by atoms with van der Waals surface area (Å²) in [6, 6.07) is 24.4. The third-order valence-corrected chi connectivity index (χ3v) is 4.98. The zero-order valence-corrected chi connectivity index (χ0v) is 17.0. The summed E-state index contributed by atoms with van der Waals surface area (Å²) in [5.41, 5.74) is 3.48. The largest absolute Gasteiger partial charge is 0.322 e. The minimum absolute atomic E-state index is 0.227. The Morgan fingerprint density at radius 1 is 0.929 bits per heavy atom. The van der Waals surface area contributed by atoms with E-state index in [1.54, 1.807) is 23.0 Å². The van der Waals surface area contributed by atoms with Gasteiger partial charge >= 0.3 is 0 Å². The van der Waals surface area contributed by atoms with Crippen molar-refractivity contribution in [3.8, 4) is 16.9 Å². The molecule has 0 atom stereocenters. The Morgan fingerprint density at radius 3 is 2.29 bits per heavy atom. The van der Waals surface area contributed by atoms with Gasteiger partial charge < -0.3 is 5.32 Å². The molecule has 1 heterocycles. The lowest BCUT2D eigenvalue weighted by molar-refractivity contribution is 0.102. The van der Waals surface area contributed by atoms with Gasteiger partial charge in [-0.05, 0) is 48.5 Å². The van der Waals surface area contributed by atoms with E-state index in [1.807, 2.05) is 66.7 Å². The standard InChI is InChI=1S/C22H15BrClN3O/c23-16-8-12-18(13-9-16)25-22(28)20-14-27(19-4-2-1-3-5-19)26-21(20)15-6-10-17(24)11-7-15/h1-14H,(H,25,28). The highest BCUT2D eigenvalue weighted by Gasteiger charge is 2.19. The zero-order chi connectivity index (χ0) is 19.5. The molecule has 0 saturated carbocycles. The number of hydrogen-bond acceptors (Lipinski definition) is 2. The van der Waals surface area contributed by atoms with Gasteiger partial charge in [0.05, 0.1) is 11.3 Å². The average Bonchev–Trinajstić information content (AvgIpc) is 3.17. The summed E-state index contributed by atoms with van der Waals surface area (Å²) in [4.78, 5) is 13.0. The van der Waals surface area contributed by atoms with Crippen molar-refractivity contribution >= 4 is 39.1 Å². The number of carbonyl (C=O) groups excluding carboxylic acids is 1. The van der Waals surface area contributed by atoms with Crippen molar-refractivity contribution in [2.45, 2.75) is 0 Å². The number of para-hydroxylation sites is 1. The van der Waals surface area contributed by atoms with Crippen molar-refractivity contribution in [1.82, 2.24) is 9.78 Å². The number of aromatic nitrogens is 2. The van der Waals surface area contributed by atoms with Crippen molar-refractivity contribution < 1.29 is 4.79 Å². The molecule has 0 aliphatic carbocycles. The van der Waals surface area contributed by atoms with Crippen LogP contribution >= 0.6 is 27.5 Å². The van der Waals surface area contributed by atoms with Gasteiger partial charge in [-0.15, -0.1) is 0 Å². The first-order valence-electron chi connectivity index (χ1n) is 8.58. The Labute approximate surface area is 175 Å². The molecule has 138 valence electrons. The molecule has 0 aliphatic rings. The molecular formula is C22H15BrClN3O. The molecule has 0 spiro atoms. The molecule has 4 rings (SSSR count). The van der Waals surface area contributed by atoms with Gasteiger partial charge in [-0.1, -0.05) is 57.9 Å². The van der Waals surface area contributed by atoms with E-state index in [0.717, 1.165) is 15.7 Å². The van der Waals surface area contributed by atoms with Crippen molar-refractivity contribution in [2.24, 2.45) is 0 Å². The fourth-order valence-electron chi connectivity index (χ4n) is 2.81. The van der Waals surface area contributed by atoms with E-state index >= 15 is 0 Å². The van der Waals surface area contributed by atoms with Gasteiger partial charge in [0.2, 0.25) is 0 Å². The van der Waals surface area contributed by atoms with Crippen LogP contribution < -0.4 is 5.32 Å². The van der Waals surface area contributed by atoms with Gasteiger partial charge in [0, 0.05) is 26.9 Å². The topological polar surface area (TPSA) is 46.9 Å². The maximum atomic E-state index is 13.0. The first kappa shape index (κ1) is 18.5. The summed E-state index contributed by atoms with van der Waals surface area (Å²) in [6.07, 6.45) is 1.74. The zero-order valence-electron chi connectivity index (χ0n) is 14.6. The van der Waals surface area contributed by atoms with Gasteiger partial charge in [0.1, 0.15) is 5.69 Å². The number of benzene rings is 3. The lowest BCUT2D eigenvalue weighted by atomic mass is 10.1. The summed E-state index contributed by atoms with van der Waals surface area (Å²) in [6.45, 7) is 0. The fourth-order valence-corrected chi connectivity index (χ4v) is 3.20. The highest BCUT2D eigenvalue weighted by atomic mass is 79.9. The molecule has 3 aromatic carbocycles. The Balaban J connectivity index is 1.75. The third kappa shape index (κ3) is 4.01. The second kappa shape index (κ2) is 8.00. The molecule has 4 nitrogen and oxygen atoms in total. The Kier molecular flexibility index (Phi) is 5.28. The number of carbonyl (C=O) groups is 1. The maximum absolute atomic E-state index is 13.0. The number of halogens is 2. The lowest BCUT2D eigenvalue weighted by Gasteiger charge is -2.06. The number of nitrogens with one attached hydrogen (secondary N) is 1. The Morgan fingerprint density at radius 2 is 1.61 bits per heavy atom. The van der Waals surface area contributed by atoms with Gasteiger partial charge in [-0.2, -0.15) is 5.10 Å². The second-order valence-electron chi connectivity index (χ2n) is 6.14. The monoisotopic (exact) mass is 451 g/mol. The number of hydrogen-bond donors (Lipinski definition) is 1. The number of anilines is 1. The summed E-state index contributed by atoms with van der Waals surface area (Å²) in [5.74, 6) is -0.227. The molecular weight excluding hydrogens is 438 g/mol. The first-order chi connectivity index (χ1) is 13.6. The van der Waals surface area contributed by atoms with Crippen LogP contribution in [0, 0.1) is 0 Å². The fraction of sp³-hybridized carbons (Fsp3) is 0. The van der Waals surface area contributed by atoms with Gasteiger partial charge in [0.15, 0.2) is 0 Å². The molecule has 0 fully saturated rings. The number of rotatable bonds is 4. The smallest absolute Gasteiger partial charge is 0.259 e. The molecule has 1 N–H and O–H groups in total. The summed E-state index contributed by atoms with van der Waals surface area (Å²) < 4.78 is 2.66. The molecule has 6 heteroatoms. The SMILES string of the molecule is O=C(Nc1ccc(Br)cc1)c1cn(-c2ccccc2)nc1-c1ccc(Cl)cc1. The van der Waals surface area contributed by atoms with E-state index in [4.69, 9.17) is 11.6 Å². The quantitative estimate of drug-likeness (QED) is 0.400. The lowest BCUT2D eigenvalue weighted by Crippen LogP contribution is -2.12. The van der Waals surface area contributed by atoms with Crippen LogP contribution in [0.3, 0.4) is 0 Å². The highest BCUT2D eigenvalue weighted by molar-refractivity contribution is 9.10. The maximum Gasteiger partial charge on any atom is 0.259 e. The van der Waals surface area contributed by atoms with Crippen LogP contribution in [0.2, 0.25) is 5.02 Å². The number of amides is 1. The average molecular weight is 453 g/mol. The molecule has 4 aromatic rings. The van der Waals surface area contributed by atoms with Crippen molar-refractivity contribution in [3.05, 3.63) is 100 Å². The summed E-state index contributed by atoms with van der Waals surface area (Å²) in [5, 5.41) is 8.23. The van der Waals surface area contributed by atoms with E-state index in [9.17, 15) is 4.79 Å². The first-order valence-corrected chi connectivity index (χ1v) is 9.75. The van der Waals surface area contributed by atoms with Gasteiger partial charge in [-0.25, -0.2) is 4.68 Å². The molecule has 28 heavy (non-hydrogen) atoms. The highest BCUT2D eigenvalue weighted by Crippen LogP contribution is 2.26. The van der Waals surface area contributed by atoms with Crippen molar-refractivity contribution in [3.63, 3.8) is 0 Å². The van der Waals surface area contributed by atoms with Crippen LogP contribution in [-0.4, -0.2) is 15.7 Å².